The van der Waals surface area contributed by atoms with Gasteiger partial charge in [0.1, 0.15) is 34.7 Å². The zero-order valence-electron chi connectivity index (χ0n) is 26.5. The molecular weight excluding hydrogens is 640 g/mol. The molecule has 1 fully saturated rings. The highest BCUT2D eigenvalue weighted by atomic mass is 32.2. The van der Waals surface area contributed by atoms with Gasteiger partial charge in [0, 0.05) is 69.1 Å². The van der Waals surface area contributed by atoms with E-state index < -0.39 is 26.6 Å². The van der Waals surface area contributed by atoms with Crippen LogP contribution in [0.4, 0.5) is 20.3 Å². The highest BCUT2D eigenvalue weighted by Gasteiger charge is 2.25. The summed E-state index contributed by atoms with van der Waals surface area (Å²) in [5.41, 5.74) is 2.37. The third-order valence-corrected chi connectivity index (χ3v) is 9.30. The minimum atomic E-state index is -4.58. The molecule has 0 saturated carbocycles. The van der Waals surface area contributed by atoms with Crippen LogP contribution in [0.5, 0.6) is 0 Å². The number of piperazine rings is 1. The molecule has 1 saturated heterocycles. The molecule has 248 valence electrons. The highest BCUT2D eigenvalue weighted by Crippen LogP contribution is 2.35. The van der Waals surface area contributed by atoms with Gasteiger partial charge in [-0.25, -0.2) is 37.1 Å². The fourth-order valence-corrected chi connectivity index (χ4v) is 6.57. The maximum absolute atomic E-state index is 14.3. The standard InChI is InChI=1S/C34H33F2N7O4S/c1-21(2)34-40-31(24-6-4-7-25(19-24)41-48(45,46)33-26(35)8-5-9-27(33)36)32(47-34)28-12-13-37-29(39-28)18-23-10-11-30(38-20-23)43-16-14-42(15-17-43)22(3)44/h4-13,19-21,41H,14-18H2,1-3H3. The number of nitrogens with one attached hydrogen (secondary N) is 1. The van der Waals surface area contributed by atoms with E-state index in [0.717, 1.165) is 29.6 Å². The molecular formula is C34H33F2N7O4S. The molecule has 0 aliphatic carbocycles. The fraction of sp³-hybridized carbons (Fsp3) is 0.265. The summed E-state index contributed by atoms with van der Waals surface area (Å²) >= 11 is 0. The van der Waals surface area contributed by atoms with Gasteiger partial charge in [-0.15, -0.1) is 0 Å². The van der Waals surface area contributed by atoms with Crippen molar-refractivity contribution in [3.63, 3.8) is 0 Å². The number of hydrogen-bond acceptors (Lipinski definition) is 9. The molecule has 0 atom stereocenters. The van der Waals surface area contributed by atoms with Gasteiger partial charge in [-0.2, -0.15) is 0 Å². The van der Waals surface area contributed by atoms with E-state index in [-0.39, 0.29) is 17.5 Å². The Morgan fingerprint density at radius 2 is 1.69 bits per heavy atom. The van der Waals surface area contributed by atoms with Crippen molar-refractivity contribution in [1.29, 1.82) is 0 Å². The van der Waals surface area contributed by atoms with Crippen LogP contribution in [0.25, 0.3) is 22.7 Å². The smallest absolute Gasteiger partial charge is 0.267 e. The maximum Gasteiger partial charge on any atom is 0.267 e. The third kappa shape index (κ3) is 7.03. The lowest BCUT2D eigenvalue weighted by atomic mass is 10.1. The van der Waals surface area contributed by atoms with Gasteiger partial charge in [0.15, 0.2) is 16.5 Å². The number of pyridine rings is 1. The second-order valence-electron chi connectivity index (χ2n) is 11.7. The minimum absolute atomic E-state index is 0.0699. The van der Waals surface area contributed by atoms with Crippen LogP contribution in [0.1, 0.15) is 44.0 Å². The summed E-state index contributed by atoms with van der Waals surface area (Å²) in [6, 6.07) is 14.8. The van der Waals surface area contributed by atoms with Crippen LogP contribution < -0.4 is 9.62 Å². The summed E-state index contributed by atoms with van der Waals surface area (Å²) in [6.07, 6.45) is 3.83. The monoisotopic (exact) mass is 673 g/mol. The molecule has 2 aromatic carbocycles. The molecule has 0 bridgehead atoms. The summed E-state index contributed by atoms with van der Waals surface area (Å²) in [7, 11) is -4.58. The molecule has 3 aromatic heterocycles. The number of benzene rings is 2. The lowest BCUT2D eigenvalue weighted by Gasteiger charge is -2.34. The Balaban J connectivity index is 1.24. The molecule has 1 aliphatic rings. The van der Waals surface area contributed by atoms with E-state index in [9.17, 15) is 22.0 Å². The molecule has 4 heterocycles. The molecule has 0 radical (unpaired) electrons. The number of hydrogen-bond donors (Lipinski definition) is 1. The first-order chi connectivity index (χ1) is 23.0. The normalized spacial score (nSPS) is 13.6. The summed E-state index contributed by atoms with van der Waals surface area (Å²) in [6.45, 7) is 8.19. The lowest BCUT2D eigenvalue weighted by Crippen LogP contribution is -2.48. The Labute approximate surface area is 276 Å². The molecule has 11 nitrogen and oxygen atoms in total. The summed E-state index contributed by atoms with van der Waals surface area (Å²) in [5.74, 6) is -0.215. The maximum atomic E-state index is 14.3. The number of anilines is 2. The largest absolute Gasteiger partial charge is 0.438 e. The molecule has 14 heteroatoms. The molecule has 0 unspecified atom stereocenters. The Morgan fingerprint density at radius 1 is 0.958 bits per heavy atom. The lowest BCUT2D eigenvalue weighted by molar-refractivity contribution is -0.129. The molecule has 5 aromatic rings. The van der Waals surface area contributed by atoms with Gasteiger partial charge >= 0.3 is 0 Å². The van der Waals surface area contributed by atoms with Crippen molar-refractivity contribution in [3.8, 4) is 22.7 Å². The van der Waals surface area contributed by atoms with E-state index in [1.807, 2.05) is 30.9 Å². The van der Waals surface area contributed by atoms with Crippen LogP contribution in [0.2, 0.25) is 0 Å². The molecule has 6 rings (SSSR count). The van der Waals surface area contributed by atoms with E-state index >= 15 is 0 Å². The number of halogens is 2. The zero-order valence-corrected chi connectivity index (χ0v) is 27.3. The van der Waals surface area contributed by atoms with Crippen LogP contribution in [-0.4, -0.2) is 65.3 Å². The molecule has 1 amide bonds. The first-order valence-electron chi connectivity index (χ1n) is 15.3. The van der Waals surface area contributed by atoms with Crippen LogP contribution in [0, 0.1) is 11.6 Å². The Hall–Kier alpha value is -5.24. The van der Waals surface area contributed by atoms with Crippen LogP contribution in [0.15, 0.2) is 82.4 Å². The quantitative estimate of drug-likeness (QED) is 0.211. The average molecular weight is 674 g/mol. The number of nitrogens with zero attached hydrogens (tertiary/aromatic N) is 6. The molecule has 1 aliphatic heterocycles. The first kappa shape index (κ1) is 32.7. The molecule has 48 heavy (non-hydrogen) atoms. The van der Waals surface area contributed by atoms with E-state index in [0.29, 0.717) is 67.0 Å². The van der Waals surface area contributed by atoms with Crippen molar-refractivity contribution in [2.24, 2.45) is 0 Å². The summed E-state index contributed by atoms with van der Waals surface area (Å²) in [5, 5.41) is 0. The number of carbonyl (C=O) groups excluding carboxylic acids is 1. The second kappa shape index (κ2) is 13.5. The van der Waals surface area contributed by atoms with Crippen LogP contribution in [0.3, 0.4) is 0 Å². The third-order valence-electron chi connectivity index (χ3n) is 7.87. The topological polar surface area (TPSA) is 134 Å². The van der Waals surface area contributed by atoms with Gasteiger partial charge in [-0.05, 0) is 42.0 Å². The van der Waals surface area contributed by atoms with E-state index in [1.165, 1.54) is 12.1 Å². The second-order valence-corrected chi connectivity index (χ2v) is 13.3. The number of sulfonamides is 1. The number of carbonyl (C=O) groups is 1. The summed E-state index contributed by atoms with van der Waals surface area (Å²) < 4.78 is 62.9. The van der Waals surface area contributed by atoms with Crippen molar-refractivity contribution in [2.75, 3.05) is 35.8 Å². The number of aromatic nitrogens is 4. The molecule has 1 N–H and O–H groups in total. The van der Waals surface area contributed by atoms with Crippen molar-refractivity contribution in [2.45, 2.75) is 38.0 Å². The van der Waals surface area contributed by atoms with Crippen molar-refractivity contribution in [1.82, 2.24) is 24.8 Å². The highest BCUT2D eigenvalue weighted by molar-refractivity contribution is 7.92. The van der Waals surface area contributed by atoms with Gasteiger partial charge in [-0.3, -0.25) is 9.52 Å². The number of amides is 1. The predicted octanol–water partition coefficient (Wildman–Crippen LogP) is 5.66. The van der Waals surface area contributed by atoms with E-state index in [4.69, 9.17) is 14.4 Å². The van der Waals surface area contributed by atoms with E-state index in [2.05, 4.69) is 19.6 Å². The zero-order chi connectivity index (χ0) is 34.0. The Bertz CT molecular complexity index is 2040. The fourth-order valence-electron chi connectivity index (χ4n) is 5.38. The van der Waals surface area contributed by atoms with Gasteiger partial charge in [0.2, 0.25) is 5.91 Å². The van der Waals surface area contributed by atoms with Crippen molar-refractivity contribution < 1.29 is 26.4 Å². The number of oxazole rings is 1. The Kier molecular flexibility index (Phi) is 9.18. The summed E-state index contributed by atoms with van der Waals surface area (Å²) in [4.78, 5) is 33.1. The first-order valence-corrected chi connectivity index (χ1v) is 16.8. The van der Waals surface area contributed by atoms with Gasteiger partial charge < -0.3 is 14.2 Å². The SMILES string of the molecule is CC(=O)N1CCN(c2ccc(Cc3nccc(-c4oc(C(C)C)nc4-c4cccc(NS(=O)(=O)c5c(F)cccc5F)c4)n3)cn2)CC1. The van der Waals surface area contributed by atoms with E-state index in [1.54, 1.807) is 37.5 Å². The van der Waals surface area contributed by atoms with Crippen molar-refractivity contribution >= 4 is 27.4 Å². The predicted molar refractivity (Wildman–Crippen MR) is 176 cm³/mol. The average Bonchev–Trinajstić information content (AvgIpc) is 3.51. The minimum Gasteiger partial charge on any atom is -0.438 e. The van der Waals surface area contributed by atoms with Crippen LogP contribution in [-0.2, 0) is 21.2 Å². The molecule has 0 spiro atoms. The van der Waals surface area contributed by atoms with Gasteiger partial charge in [0.25, 0.3) is 10.0 Å². The van der Waals surface area contributed by atoms with Gasteiger partial charge in [-0.1, -0.05) is 38.1 Å². The van der Waals surface area contributed by atoms with Crippen molar-refractivity contribution in [3.05, 3.63) is 102 Å². The van der Waals surface area contributed by atoms with Crippen LogP contribution >= 0.6 is 0 Å². The van der Waals surface area contributed by atoms with Gasteiger partial charge in [0.05, 0.1) is 0 Å². The Morgan fingerprint density at radius 3 is 2.35 bits per heavy atom. The number of rotatable bonds is 9.